The molecule has 0 bridgehead atoms. The number of benzene rings is 1. The number of hydrogen-bond acceptors (Lipinski definition) is 2. The van der Waals surface area contributed by atoms with Gasteiger partial charge in [-0.3, -0.25) is 0 Å². The van der Waals surface area contributed by atoms with Crippen molar-refractivity contribution in [2.45, 2.75) is 40.3 Å². The standard InChI is InChI=1S/C15H25FN2/c1-11(2)10-18(12(3)4)15-8-6-7-14(16)13(15)9-17-5/h6-8,11-12,17H,9-10H2,1-5H3. The molecule has 0 saturated carbocycles. The average molecular weight is 252 g/mol. The minimum Gasteiger partial charge on any atom is -0.369 e. The van der Waals surface area contributed by atoms with Gasteiger partial charge in [0.2, 0.25) is 0 Å². The Labute approximate surface area is 110 Å². The van der Waals surface area contributed by atoms with Crippen molar-refractivity contribution in [2.75, 3.05) is 18.5 Å². The first-order valence-corrected chi connectivity index (χ1v) is 6.66. The van der Waals surface area contributed by atoms with E-state index >= 15 is 0 Å². The van der Waals surface area contributed by atoms with Crippen molar-refractivity contribution < 1.29 is 4.39 Å². The second-order valence-corrected chi connectivity index (χ2v) is 5.41. The molecule has 1 aromatic carbocycles. The van der Waals surface area contributed by atoms with E-state index in [4.69, 9.17) is 0 Å². The summed E-state index contributed by atoms with van der Waals surface area (Å²) >= 11 is 0. The van der Waals surface area contributed by atoms with Gasteiger partial charge in [-0.2, -0.15) is 0 Å². The predicted molar refractivity (Wildman–Crippen MR) is 76.5 cm³/mol. The maximum absolute atomic E-state index is 13.9. The van der Waals surface area contributed by atoms with Crippen molar-refractivity contribution in [1.82, 2.24) is 5.32 Å². The lowest BCUT2D eigenvalue weighted by Gasteiger charge is -2.32. The molecule has 0 aliphatic carbocycles. The molecule has 2 nitrogen and oxygen atoms in total. The molecule has 0 aromatic heterocycles. The Bertz CT molecular complexity index is 375. The molecule has 1 rings (SSSR count). The van der Waals surface area contributed by atoms with Gasteiger partial charge in [-0.1, -0.05) is 19.9 Å². The first kappa shape index (κ1) is 15.0. The second-order valence-electron chi connectivity index (χ2n) is 5.41. The molecule has 0 radical (unpaired) electrons. The number of nitrogens with zero attached hydrogens (tertiary/aromatic N) is 1. The van der Waals surface area contributed by atoms with E-state index in [1.165, 1.54) is 6.07 Å². The summed E-state index contributed by atoms with van der Waals surface area (Å²) in [6.07, 6.45) is 0. The van der Waals surface area contributed by atoms with Gasteiger partial charge in [0, 0.05) is 30.4 Å². The van der Waals surface area contributed by atoms with Crippen LogP contribution in [0.2, 0.25) is 0 Å². The van der Waals surface area contributed by atoms with Crippen molar-refractivity contribution in [1.29, 1.82) is 0 Å². The van der Waals surface area contributed by atoms with Crippen LogP contribution in [0, 0.1) is 11.7 Å². The summed E-state index contributed by atoms with van der Waals surface area (Å²) in [6, 6.07) is 5.70. The molecule has 18 heavy (non-hydrogen) atoms. The molecule has 0 aliphatic rings. The van der Waals surface area contributed by atoms with Crippen LogP contribution in [0.15, 0.2) is 18.2 Å². The number of nitrogens with one attached hydrogen (secondary N) is 1. The topological polar surface area (TPSA) is 15.3 Å². The molecular formula is C15H25FN2. The van der Waals surface area contributed by atoms with E-state index in [2.05, 4.69) is 37.9 Å². The summed E-state index contributed by atoms with van der Waals surface area (Å²) < 4.78 is 13.9. The maximum Gasteiger partial charge on any atom is 0.129 e. The van der Waals surface area contributed by atoms with Crippen LogP contribution >= 0.6 is 0 Å². The van der Waals surface area contributed by atoms with Gasteiger partial charge in [-0.15, -0.1) is 0 Å². The van der Waals surface area contributed by atoms with Crippen LogP contribution in [-0.4, -0.2) is 19.6 Å². The lowest BCUT2D eigenvalue weighted by molar-refractivity contribution is 0.559. The van der Waals surface area contributed by atoms with Gasteiger partial charge in [-0.05, 0) is 38.9 Å². The first-order valence-electron chi connectivity index (χ1n) is 6.66. The van der Waals surface area contributed by atoms with Crippen LogP contribution in [0.3, 0.4) is 0 Å². The molecule has 0 heterocycles. The molecule has 1 aromatic rings. The lowest BCUT2D eigenvalue weighted by atomic mass is 10.1. The highest BCUT2D eigenvalue weighted by Crippen LogP contribution is 2.26. The SMILES string of the molecule is CNCc1c(F)cccc1N(CC(C)C)C(C)C. The highest BCUT2D eigenvalue weighted by molar-refractivity contribution is 5.55. The van der Waals surface area contributed by atoms with E-state index in [0.717, 1.165) is 17.8 Å². The van der Waals surface area contributed by atoms with Gasteiger partial charge in [0.05, 0.1) is 0 Å². The van der Waals surface area contributed by atoms with Crippen LogP contribution in [0.5, 0.6) is 0 Å². The van der Waals surface area contributed by atoms with E-state index in [0.29, 0.717) is 18.5 Å². The Morgan fingerprint density at radius 1 is 1.22 bits per heavy atom. The maximum atomic E-state index is 13.9. The summed E-state index contributed by atoms with van der Waals surface area (Å²) in [5, 5.41) is 3.05. The molecule has 0 amide bonds. The Balaban J connectivity index is 3.14. The zero-order valence-corrected chi connectivity index (χ0v) is 12.1. The van der Waals surface area contributed by atoms with E-state index < -0.39 is 0 Å². The predicted octanol–water partition coefficient (Wildman–Crippen LogP) is 3.42. The molecule has 0 unspecified atom stereocenters. The number of rotatable bonds is 6. The Hall–Kier alpha value is -1.09. The van der Waals surface area contributed by atoms with Gasteiger partial charge in [-0.25, -0.2) is 4.39 Å². The van der Waals surface area contributed by atoms with Crippen LogP contribution in [-0.2, 0) is 6.54 Å². The Morgan fingerprint density at radius 2 is 1.89 bits per heavy atom. The highest BCUT2D eigenvalue weighted by atomic mass is 19.1. The molecule has 0 atom stereocenters. The molecular weight excluding hydrogens is 227 g/mol. The quantitative estimate of drug-likeness (QED) is 0.834. The average Bonchev–Trinajstić information content (AvgIpc) is 2.28. The molecule has 0 saturated heterocycles. The summed E-state index contributed by atoms with van der Waals surface area (Å²) in [6.45, 7) is 10.2. The van der Waals surface area contributed by atoms with Crippen LogP contribution < -0.4 is 10.2 Å². The largest absolute Gasteiger partial charge is 0.369 e. The van der Waals surface area contributed by atoms with Crippen molar-refractivity contribution in [3.8, 4) is 0 Å². The molecule has 1 N–H and O–H groups in total. The fourth-order valence-corrected chi connectivity index (χ4v) is 2.15. The third kappa shape index (κ3) is 3.70. The van der Waals surface area contributed by atoms with Crippen molar-refractivity contribution in [3.63, 3.8) is 0 Å². The normalized spacial score (nSPS) is 11.3. The van der Waals surface area contributed by atoms with E-state index in [9.17, 15) is 4.39 Å². The van der Waals surface area contributed by atoms with Crippen LogP contribution in [0.4, 0.5) is 10.1 Å². The smallest absolute Gasteiger partial charge is 0.129 e. The van der Waals surface area contributed by atoms with Crippen molar-refractivity contribution in [3.05, 3.63) is 29.6 Å². The highest BCUT2D eigenvalue weighted by Gasteiger charge is 2.17. The first-order chi connectivity index (χ1) is 8.47. The van der Waals surface area contributed by atoms with Gasteiger partial charge in [0.15, 0.2) is 0 Å². The van der Waals surface area contributed by atoms with Crippen molar-refractivity contribution >= 4 is 5.69 Å². The fraction of sp³-hybridized carbons (Fsp3) is 0.600. The van der Waals surface area contributed by atoms with Gasteiger partial charge in [0.25, 0.3) is 0 Å². The molecule has 0 spiro atoms. The summed E-state index contributed by atoms with van der Waals surface area (Å²) in [4.78, 5) is 2.28. The Morgan fingerprint density at radius 3 is 2.39 bits per heavy atom. The zero-order chi connectivity index (χ0) is 13.7. The minimum absolute atomic E-state index is 0.128. The zero-order valence-electron chi connectivity index (χ0n) is 12.1. The molecule has 0 fully saturated rings. The third-order valence-electron chi connectivity index (χ3n) is 2.94. The van der Waals surface area contributed by atoms with Crippen LogP contribution in [0.25, 0.3) is 0 Å². The molecule has 102 valence electrons. The third-order valence-corrected chi connectivity index (χ3v) is 2.94. The summed E-state index contributed by atoms with van der Waals surface area (Å²) in [5.74, 6) is 0.425. The van der Waals surface area contributed by atoms with E-state index in [-0.39, 0.29) is 5.82 Å². The molecule has 0 aliphatic heterocycles. The monoisotopic (exact) mass is 252 g/mol. The van der Waals surface area contributed by atoms with Gasteiger partial charge in [0.1, 0.15) is 5.82 Å². The van der Waals surface area contributed by atoms with Gasteiger partial charge < -0.3 is 10.2 Å². The molecule has 3 heteroatoms. The summed E-state index contributed by atoms with van der Waals surface area (Å²) in [7, 11) is 1.85. The number of hydrogen-bond donors (Lipinski definition) is 1. The minimum atomic E-state index is -0.128. The van der Waals surface area contributed by atoms with Crippen LogP contribution in [0.1, 0.15) is 33.3 Å². The summed E-state index contributed by atoms with van der Waals surface area (Å²) in [5.41, 5.74) is 1.77. The van der Waals surface area contributed by atoms with E-state index in [1.807, 2.05) is 13.1 Å². The second kappa shape index (κ2) is 6.74. The lowest BCUT2D eigenvalue weighted by Crippen LogP contribution is -2.35. The Kier molecular flexibility index (Phi) is 5.60. The number of halogens is 1. The van der Waals surface area contributed by atoms with Crippen molar-refractivity contribution in [2.24, 2.45) is 5.92 Å². The van der Waals surface area contributed by atoms with E-state index in [1.54, 1.807) is 6.07 Å². The number of anilines is 1. The van der Waals surface area contributed by atoms with Gasteiger partial charge >= 0.3 is 0 Å². The fourth-order valence-electron chi connectivity index (χ4n) is 2.15.